The van der Waals surface area contributed by atoms with Crippen LogP contribution in [0.1, 0.15) is 42.8 Å². The summed E-state index contributed by atoms with van der Waals surface area (Å²) in [5.41, 5.74) is 6.81. The molecule has 3 heterocycles. The van der Waals surface area contributed by atoms with Gasteiger partial charge in [0.2, 0.25) is 0 Å². The highest BCUT2D eigenvalue weighted by Gasteiger charge is 2.27. The number of aryl methyl sites for hydroxylation is 3. The molecule has 1 aromatic carbocycles. The van der Waals surface area contributed by atoms with Crippen LogP contribution in [0.3, 0.4) is 0 Å². The highest BCUT2D eigenvalue weighted by atomic mass is 15.0. The van der Waals surface area contributed by atoms with E-state index < -0.39 is 0 Å². The molecule has 0 radical (unpaired) electrons. The van der Waals surface area contributed by atoms with Crippen LogP contribution in [0, 0.1) is 12.8 Å². The number of nitrogens with zero attached hydrogens (tertiary/aromatic N) is 2. The van der Waals surface area contributed by atoms with E-state index in [1.165, 1.54) is 28.6 Å². The number of nitrogens with one attached hydrogen (secondary N) is 1. The van der Waals surface area contributed by atoms with Gasteiger partial charge in [0, 0.05) is 47.6 Å². The number of benzene rings is 1. The van der Waals surface area contributed by atoms with E-state index in [-0.39, 0.29) is 0 Å². The summed E-state index contributed by atoms with van der Waals surface area (Å²) in [5, 5.41) is 5.24. The predicted octanol–water partition coefficient (Wildman–Crippen LogP) is 4.65. The fourth-order valence-corrected chi connectivity index (χ4v) is 4.21. The number of aromatic nitrogens is 2. The standard InChI is InChI=1S/C23H29N3/c1-4-16(2)21-13-20-19-7-5-6-8-22(19)26(23(20)15-25-21)12-11-18-10-9-17(3)24-14-18/h5-10,14,16,21,25H,4,11-13,15H2,1-3H3. The third-order valence-corrected chi connectivity index (χ3v) is 6.08. The lowest BCUT2D eigenvalue weighted by Gasteiger charge is -2.30. The molecule has 3 aromatic rings. The molecule has 0 saturated heterocycles. The number of pyridine rings is 1. The number of rotatable bonds is 5. The lowest BCUT2D eigenvalue weighted by Crippen LogP contribution is -2.40. The minimum Gasteiger partial charge on any atom is -0.343 e. The maximum Gasteiger partial charge on any atom is 0.0485 e. The maximum atomic E-state index is 4.45. The fourth-order valence-electron chi connectivity index (χ4n) is 4.21. The van der Waals surface area contributed by atoms with E-state index >= 15 is 0 Å². The molecule has 0 bridgehead atoms. The predicted molar refractivity (Wildman–Crippen MR) is 108 cm³/mol. The zero-order valence-electron chi connectivity index (χ0n) is 16.1. The SMILES string of the molecule is CCC(C)C1Cc2c(n(CCc3ccc(C)nc3)c3ccccc23)CN1. The number of para-hydroxylation sites is 1. The Bertz CT molecular complexity index is 892. The molecule has 0 amide bonds. The van der Waals surface area contributed by atoms with E-state index in [0.717, 1.165) is 31.6 Å². The Balaban J connectivity index is 1.66. The molecule has 1 aliphatic heterocycles. The molecule has 3 heteroatoms. The van der Waals surface area contributed by atoms with Crippen LogP contribution in [-0.4, -0.2) is 15.6 Å². The van der Waals surface area contributed by atoms with Gasteiger partial charge in [-0.3, -0.25) is 4.98 Å². The Morgan fingerprint density at radius 1 is 1.23 bits per heavy atom. The molecule has 2 atom stereocenters. The van der Waals surface area contributed by atoms with E-state index in [1.54, 1.807) is 5.56 Å². The van der Waals surface area contributed by atoms with E-state index in [0.29, 0.717) is 12.0 Å². The second-order valence-electron chi connectivity index (χ2n) is 7.73. The summed E-state index contributed by atoms with van der Waals surface area (Å²) in [6.45, 7) is 8.69. The molecular weight excluding hydrogens is 318 g/mol. The van der Waals surface area contributed by atoms with Gasteiger partial charge in [-0.1, -0.05) is 44.5 Å². The van der Waals surface area contributed by atoms with Crippen LogP contribution >= 0.6 is 0 Å². The van der Waals surface area contributed by atoms with Crippen molar-refractivity contribution in [2.45, 2.75) is 59.2 Å². The topological polar surface area (TPSA) is 29.9 Å². The summed E-state index contributed by atoms with van der Waals surface area (Å²) < 4.78 is 2.53. The van der Waals surface area contributed by atoms with Crippen molar-refractivity contribution in [2.75, 3.05) is 0 Å². The van der Waals surface area contributed by atoms with Gasteiger partial charge >= 0.3 is 0 Å². The number of hydrogen-bond donors (Lipinski definition) is 1. The fraction of sp³-hybridized carbons (Fsp3) is 0.435. The third-order valence-electron chi connectivity index (χ3n) is 6.08. The van der Waals surface area contributed by atoms with Gasteiger partial charge in [0.15, 0.2) is 0 Å². The average Bonchev–Trinajstić information content (AvgIpc) is 3.00. The Hall–Kier alpha value is -2.13. The molecular formula is C23H29N3. The largest absolute Gasteiger partial charge is 0.343 e. The zero-order chi connectivity index (χ0) is 18.1. The Morgan fingerprint density at radius 2 is 2.08 bits per heavy atom. The summed E-state index contributed by atoms with van der Waals surface area (Å²) in [4.78, 5) is 4.45. The summed E-state index contributed by atoms with van der Waals surface area (Å²) in [5.74, 6) is 0.712. The first-order valence-electron chi connectivity index (χ1n) is 9.91. The summed E-state index contributed by atoms with van der Waals surface area (Å²) in [6.07, 6.45) is 5.41. The van der Waals surface area contributed by atoms with Crippen molar-refractivity contribution in [1.82, 2.24) is 14.9 Å². The van der Waals surface area contributed by atoms with Crippen molar-refractivity contribution in [3.05, 3.63) is 65.1 Å². The molecule has 0 fully saturated rings. The highest BCUT2D eigenvalue weighted by Crippen LogP contribution is 2.32. The van der Waals surface area contributed by atoms with Crippen molar-refractivity contribution in [3.63, 3.8) is 0 Å². The van der Waals surface area contributed by atoms with Gasteiger partial charge in [0.25, 0.3) is 0 Å². The van der Waals surface area contributed by atoms with Gasteiger partial charge in [-0.15, -0.1) is 0 Å². The monoisotopic (exact) mass is 347 g/mol. The molecule has 0 spiro atoms. The van der Waals surface area contributed by atoms with Crippen LogP contribution in [-0.2, 0) is 25.9 Å². The second kappa shape index (κ2) is 7.24. The van der Waals surface area contributed by atoms with Crippen molar-refractivity contribution in [2.24, 2.45) is 5.92 Å². The van der Waals surface area contributed by atoms with Crippen LogP contribution in [0.2, 0.25) is 0 Å². The molecule has 136 valence electrons. The molecule has 0 saturated carbocycles. The van der Waals surface area contributed by atoms with E-state index in [1.807, 2.05) is 13.1 Å². The molecule has 2 unspecified atom stereocenters. The molecule has 2 aromatic heterocycles. The second-order valence-corrected chi connectivity index (χ2v) is 7.73. The van der Waals surface area contributed by atoms with Gasteiger partial charge in [-0.05, 0) is 48.9 Å². The van der Waals surface area contributed by atoms with Crippen molar-refractivity contribution >= 4 is 10.9 Å². The number of fused-ring (bicyclic) bond motifs is 3. The quantitative estimate of drug-likeness (QED) is 0.728. The smallest absolute Gasteiger partial charge is 0.0485 e. The minimum atomic E-state index is 0.591. The third kappa shape index (κ3) is 3.16. The first-order valence-corrected chi connectivity index (χ1v) is 9.91. The van der Waals surface area contributed by atoms with Crippen LogP contribution in [0.4, 0.5) is 0 Å². The van der Waals surface area contributed by atoms with Crippen molar-refractivity contribution < 1.29 is 0 Å². The molecule has 4 rings (SSSR count). The minimum absolute atomic E-state index is 0.591. The lowest BCUT2D eigenvalue weighted by molar-refractivity contribution is 0.343. The van der Waals surface area contributed by atoms with Crippen LogP contribution in [0.5, 0.6) is 0 Å². The van der Waals surface area contributed by atoms with Gasteiger partial charge in [0.05, 0.1) is 0 Å². The van der Waals surface area contributed by atoms with Gasteiger partial charge < -0.3 is 9.88 Å². The van der Waals surface area contributed by atoms with Crippen molar-refractivity contribution in [3.8, 4) is 0 Å². The summed E-state index contributed by atoms with van der Waals surface area (Å²) in [7, 11) is 0. The summed E-state index contributed by atoms with van der Waals surface area (Å²) >= 11 is 0. The van der Waals surface area contributed by atoms with Crippen LogP contribution in [0.25, 0.3) is 10.9 Å². The van der Waals surface area contributed by atoms with Crippen molar-refractivity contribution in [1.29, 1.82) is 0 Å². The zero-order valence-corrected chi connectivity index (χ0v) is 16.1. The van der Waals surface area contributed by atoms with Crippen LogP contribution in [0.15, 0.2) is 42.6 Å². The molecule has 26 heavy (non-hydrogen) atoms. The highest BCUT2D eigenvalue weighted by molar-refractivity contribution is 5.86. The van der Waals surface area contributed by atoms with E-state index in [4.69, 9.17) is 0 Å². The molecule has 1 aliphatic rings. The first-order chi connectivity index (χ1) is 12.7. The average molecular weight is 348 g/mol. The Kier molecular flexibility index (Phi) is 4.82. The maximum absolute atomic E-state index is 4.45. The van der Waals surface area contributed by atoms with Gasteiger partial charge in [-0.2, -0.15) is 0 Å². The van der Waals surface area contributed by atoms with Gasteiger partial charge in [-0.25, -0.2) is 0 Å². The number of hydrogen-bond acceptors (Lipinski definition) is 2. The van der Waals surface area contributed by atoms with E-state index in [2.05, 4.69) is 65.1 Å². The first kappa shape index (κ1) is 17.3. The lowest BCUT2D eigenvalue weighted by atomic mass is 9.89. The summed E-state index contributed by atoms with van der Waals surface area (Å²) in [6, 6.07) is 13.8. The molecule has 0 aliphatic carbocycles. The van der Waals surface area contributed by atoms with E-state index in [9.17, 15) is 0 Å². The molecule has 1 N–H and O–H groups in total. The molecule has 3 nitrogen and oxygen atoms in total. The Morgan fingerprint density at radius 3 is 2.85 bits per heavy atom. The normalized spacial score (nSPS) is 18.0. The van der Waals surface area contributed by atoms with Gasteiger partial charge in [0.1, 0.15) is 0 Å². The van der Waals surface area contributed by atoms with Crippen LogP contribution < -0.4 is 5.32 Å². The Labute approximate surface area is 156 Å².